The predicted molar refractivity (Wildman–Crippen MR) is 127 cm³/mol. The van der Waals surface area contributed by atoms with Crippen LogP contribution in [0.1, 0.15) is 35.6 Å². The number of benzene rings is 2. The Morgan fingerprint density at radius 1 is 1.13 bits per heavy atom. The number of ether oxygens (including phenoxy) is 2. The summed E-state index contributed by atoms with van der Waals surface area (Å²) in [6.45, 7) is 6.52. The Labute approximate surface area is 191 Å². The number of carbonyl (C=O) groups excluding carboxylic acids is 1. The molecule has 6 heteroatoms. The average Bonchev–Trinajstić information content (AvgIpc) is 2.70. The van der Waals surface area contributed by atoms with Crippen LogP contribution in [-0.4, -0.2) is 23.6 Å². The number of aryl methyl sites for hydroxylation is 1. The molecule has 0 bridgehead atoms. The number of rotatable bonds is 8. The molecule has 0 fully saturated rings. The quantitative estimate of drug-likeness (QED) is 0.373. The van der Waals surface area contributed by atoms with Crippen molar-refractivity contribution in [1.29, 1.82) is 0 Å². The van der Waals surface area contributed by atoms with Gasteiger partial charge < -0.3 is 14.8 Å². The van der Waals surface area contributed by atoms with E-state index >= 15 is 0 Å². The molecule has 156 valence electrons. The number of hydrogen-bond acceptors (Lipinski definition) is 4. The smallest absolute Gasteiger partial charge is 0.257 e. The monoisotopic (exact) mass is 516 g/mol. The second-order valence-corrected chi connectivity index (χ2v) is 8.08. The molecule has 1 heterocycles. The van der Waals surface area contributed by atoms with Crippen LogP contribution in [0.15, 0.2) is 60.7 Å². The van der Waals surface area contributed by atoms with E-state index in [2.05, 4.69) is 32.9 Å². The maximum Gasteiger partial charge on any atom is 0.257 e. The highest BCUT2D eigenvalue weighted by molar-refractivity contribution is 14.1. The summed E-state index contributed by atoms with van der Waals surface area (Å²) in [5, 5.41) is 2.93. The molecule has 1 N–H and O–H groups in total. The number of carbonyl (C=O) groups is 1. The van der Waals surface area contributed by atoms with Gasteiger partial charge in [-0.05, 0) is 79.8 Å². The van der Waals surface area contributed by atoms with E-state index in [0.29, 0.717) is 35.7 Å². The second kappa shape index (κ2) is 10.5. The molecular weight excluding hydrogens is 491 g/mol. The molecule has 30 heavy (non-hydrogen) atoms. The summed E-state index contributed by atoms with van der Waals surface area (Å²) in [5.74, 6) is 1.24. The Hall–Kier alpha value is -2.45. The van der Waals surface area contributed by atoms with Gasteiger partial charge in [0.2, 0.25) is 0 Å². The van der Waals surface area contributed by atoms with Gasteiger partial charge in [0.15, 0.2) is 0 Å². The molecule has 3 rings (SSSR count). The zero-order chi connectivity index (χ0) is 21.5. The molecule has 5 nitrogen and oxygen atoms in total. The fourth-order valence-corrected chi connectivity index (χ4v) is 3.59. The van der Waals surface area contributed by atoms with Gasteiger partial charge in [0, 0.05) is 30.5 Å². The van der Waals surface area contributed by atoms with Crippen LogP contribution in [0.4, 0.5) is 5.69 Å². The molecule has 0 spiro atoms. The van der Waals surface area contributed by atoms with Crippen molar-refractivity contribution < 1.29 is 14.3 Å². The first kappa shape index (κ1) is 22.2. The normalized spacial score (nSPS) is 11.7. The minimum Gasteiger partial charge on any atom is -0.456 e. The lowest BCUT2D eigenvalue weighted by Crippen LogP contribution is -2.16. The van der Waals surface area contributed by atoms with Gasteiger partial charge in [0.25, 0.3) is 5.91 Å². The van der Waals surface area contributed by atoms with Crippen molar-refractivity contribution in [3.63, 3.8) is 0 Å². The molecule has 0 aliphatic heterocycles. The zero-order valence-electron chi connectivity index (χ0n) is 17.3. The fourth-order valence-electron chi connectivity index (χ4n) is 3.09. The Bertz CT molecular complexity index is 1020. The summed E-state index contributed by atoms with van der Waals surface area (Å²) in [6.07, 6.45) is 0.811. The summed E-state index contributed by atoms with van der Waals surface area (Å²) in [6, 6.07) is 18.8. The van der Waals surface area contributed by atoms with Gasteiger partial charge in [-0.25, -0.2) is 0 Å². The first-order chi connectivity index (χ1) is 14.5. The van der Waals surface area contributed by atoms with E-state index in [4.69, 9.17) is 9.47 Å². The molecule has 1 amide bonds. The van der Waals surface area contributed by atoms with E-state index in [1.54, 1.807) is 0 Å². The van der Waals surface area contributed by atoms with E-state index in [1.807, 2.05) is 81.4 Å². The van der Waals surface area contributed by atoms with Crippen LogP contribution in [0.25, 0.3) is 0 Å². The molecule has 0 saturated carbocycles. The second-order valence-electron chi connectivity index (χ2n) is 6.92. The maximum absolute atomic E-state index is 12.8. The van der Waals surface area contributed by atoms with E-state index in [-0.39, 0.29) is 12.0 Å². The lowest BCUT2D eigenvalue weighted by Gasteiger charge is -2.13. The lowest BCUT2D eigenvalue weighted by molar-refractivity contribution is 0.0761. The molecule has 0 aliphatic rings. The van der Waals surface area contributed by atoms with Crippen molar-refractivity contribution in [2.45, 2.75) is 33.3 Å². The Kier molecular flexibility index (Phi) is 7.81. The standard InChI is InChI=1S/C24H25IN2O3/c1-4-29-16(2)14-19-12-13-21(17(3)26-19)24(28)27-18-8-7-9-20(15-18)30-23-11-6-5-10-22(23)25/h5-13,15-16H,4,14H2,1-3H3,(H,27,28). The van der Waals surface area contributed by atoms with Gasteiger partial charge >= 0.3 is 0 Å². The van der Waals surface area contributed by atoms with Gasteiger partial charge in [-0.2, -0.15) is 0 Å². The predicted octanol–water partition coefficient (Wildman–Crippen LogP) is 6.01. The number of amides is 1. The molecule has 1 aromatic heterocycles. The van der Waals surface area contributed by atoms with Gasteiger partial charge in [-0.15, -0.1) is 0 Å². The molecule has 1 atom stereocenters. The third-order valence-corrected chi connectivity index (χ3v) is 5.38. The lowest BCUT2D eigenvalue weighted by atomic mass is 10.1. The van der Waals surface area contributed by atoms with Gasteiger partial charge in [-0.1, -0.05) is 18.2 Å². The largest absolute Gasteiger partial charge is 0.456 e. The molecule has 3 aromatic rings. The van der Waals surface area contributed by atoms with Crippen LogP contribution in [0.3, 0.4) is 0 Å². The number of aromatic nitrogens is 1. The van der Waals surface area contributed by atoms with Crippen molar-refractivity contribution in [2.24, 2.45) is 0 Å². The fraction of sp³-hybridized carbons (Fsp3) is 0.250. The zero-order valence-corrected chi connectivity index (χ0v) is 19.5. The highest BCUT2D eigenvalue weighted by Crippen LogP contribution is 2.28. The number of anilines is 1. The molecule has 0 radical (unpaired) electrons. The van der Waals surface area contributed by atoms with E-state index in [9.17, 15) is 4.79 Å². The van der Waals surface area contributed by atoms with Crippen LogP contribution in [-0.2, 0) is 11.2 Å². The van der Waals surface area contributed by atoms with Crippen molar-refractivity contribution in [3.8, 4) is 11.5 Å². The van der Waals surface area contributed by atoms with E-state index in [0.717, 1.165) is 15.0 Å². The summed E-state index contributed by atoms with van der Waals surface area (Å²) in [4.78, 5) is 17.4. The van der Waals surface area contributed by atoms with Crippen LogP contribution in [0, 0.1) is 10.5 Å². The van der Waals surface area contributed by atoms with Crippen molar-refractivity contribution >= 4 is 34.2 Å². The summed E-state index contributed by atoms with van der Waals surface area (Å²) in [7, 11) is 0. The molecule has 0 aliphatic carbocycles. The minimum atomic E-state index is -0.198. The molecule has 2 aromatic carbocycles. The van der Waals surface area contributed by atoms with Gasteiger partial charge in [0.1, 0.15) is 11.5 Å². The van der Waals surface area contributed by atoms with Gasteiger partial charge in [0.05, 0.1) is 20.9 Å². The maximum atomic E-state index is 12.8. The van der Waals surface area contributed by atoms with Crippen LogP contribution in [0.2, 0.25) is 0 Å². The molecule has 1 unspecified atom stereocenters. The Balaban J connectivity index is 1.69. The minimum absolute atomic E-state index is 0.0944. The van der Waals surface area contributed by atoms with E-state index in [1.165, 1.54) is 0 Å². The SMILES string of the molecule is CCOC(C)Cc1ccc(C(=O)Nc2cccc(Oc3ccccc3I)c2)c(C)n1. The number of nitrogens with one attached hydrogen (secondary N) is 1. The Morgan fingerprint density at radius 2 is 1.93 bits per heavy atom. The highest BCUT2D eigenvalue weighted by Gasteiger charge is 2.13. The molecular formula is C24H25IN2O3. The van der Waals surface area contributed by atoms with Crippen molar-refractivity contribution in [3.05, 3.63) is 81.2 Å². The number of nitrogens with zero attached hydrogens (tertiary/aromatic N) is 1. The van der Waals surface area contributed by atoms with Crippen molar-refractivity contribution in [2.75, 3.05) is 11.9 Å². The summed E-state index contributed by atoms with van der Waals surface area (Å²) < 4.78 is 12.5. The number of halogens is 1. The Morgan fingerprint density at radius 3 is 2.67 bits per heavy atom. The number of para-hydroxylation sites is 1. The average molecular weight is 516 g/mol. The molecule has 0 saturated heterocycles. The first-order valence-electron chi connectivity index (χ1n) is 9.88. The number of hydrogen-bond donors (Lipinski definition) is 1. The van der Waals surface area contributed by atoms with Crippen LogP contribution >= 0.6 is 22.6 Å². The highest BCUT2D eigenvalue weighted by atomic mass is 127. The van der Waals surface area contributed by atoms with Gasteiger partial charge in [-0.3, -0.25) is 9.78 Å². The first-order valence-corrected chi connectivity index (χ1v) is 11.0. The third-order valence-electron chi connectivity index (χ3n) is 4.49. The number of pyridine rings is 1. The van der Waals surface area contributed by atoms with E-state index < -0.39 is 0 Å². The van der Waals surface area contributed by atoms with Crippen LogP contribution in [0.5, 0.6) is 11.5 Å². The summed E-state index contributed by atoms with van der Waals surface area (Å²) >= 11 is 2.23. The van der Waals surface area contributed by atoms with Crippen molar-refractivity contribution in [1.82, 2.24) is 4.98 Å². The topological polar surface area (TPSA) is 60.5 Å². The third kappa shape index (κ3) is 6.03. The van der Waals surface area contributed by atoms with Crippen LogP contribution < -0.4 is 10.1 Å². The summed E-state index contributed by atoms with van der Waals surface area (Å²) in [5.41, 5.74) is 2.82.